The first-order chi connectivity index (χ1) is 7.74. The van der Waals surface area contributed by atoms with Gasteiger partial charge >= 0.3 is 0 Å². The second-order valence-corrected chi connectivity index (χ2v) is 5.70. The van der Waals surface area contributed by atoms with Crippen LogP contribution in [0.25, 0.3) is 0 Å². The van der Waals surface area contributed by atoms with Gasteiger partial charge in [-0.15, -0.1) is 11.6 Å². The molecule has 1 aromatic rings. The molecule has 0 unspecified atom stereocenters. The van der Waals surface area contributed by atoms with Crippen LogP contribution in [0.2, 0.25) is 5.02 Å². The zero-order valence-corrected chi connectivity index (χ0v) is 11.0. The van der Waals surface area contributed by atoms with Gasteiger partial charge in [0, 0.05) is 10.9 Å². The zero-order valence-electron chi connectivity index (χ0n) is 9.52. The standard InChI is InChI=1S/C14H18Cl2/c15-11-14(7-2-1-3-8-14)10-12-5-4-6-13(16)9-12/h4-6,9H,1-3,7-8,10-11H2. The summed E-state index contributed by atoms with van der Waals surface area (Å²) in [7, 11) is 0. The van der Waals surface area contributed by atoms with Crippen molar-refractivity contribution in [2.75, 3.05) is 5.88 Å². The number of hydrogen-bond donors (Lipinski definition) is 0. The Labute approximate surface area is 108 Å². The van der Waals surface area contributed by atoms with Gasteiger partial charge in [-0.05, 0) is 42.4 Å². The summed E-state index contributed by atoms with van der Waals surface area (Å²) in [5.74, 6) is 0.777. The molecule has 2 heteroatoms. The van der Waals surface area contributed by atoms with Gasteiger partial charge in [0.1, 0.15) is 0 Å². The molecular weight excluding hydrogens is 239 g/mol. The van der Waals surface area contributed by atoms with Gasteiger partial charge in [-0.2, -0.15) is 0 Å². The Hall–Kier alpha value is -0.200. The molecule has 1 saturated carbocycles. The molecular formula is C14H18Cl2. The molecule has 0 aliphatic heterocycles. The van der Waals surface area contributed by atoms with Crippen molar-refractivity contribution in [3.05, 3.63) is 34.9 Å². The third kappa shape index (κ3) is 2.93. The average molecular weight is 257 g/mol. The van der Waals surface area contributed by atoms with Gasteiger partial charge in [-0.1, -0.05) is 43.0 Å². The molecule has 0 heterocycles. The van der Waals surface area contributed by atoms with Crippen molar-refractivity contribution in [2.24, 2.45) is 5.41 Å². The Morgan fingerprint density at radius 2 is 1.88 bits per heavy atom. The predicted molar refractivity (Wildman–Crippen MR) is 71.4 cm³/mol. The summed E-state index contributed by atoms with van der Waals surface area (Å²) in [4.78, 5) is 0. The fraction of sp³-hybridized carbons (Fsp3) is 0.571. The first-order valence-electron chi connectivity index (χ1n) is 6.05. The zero-order chi connectivity index (χ0) is 11.4. The van der Waals surface area contributed by atoms with Crippen LogP contribution in [0.1, 0.15) is 37.7 Å². The molecule has 0 radical (unpaired) electrons. The van der Waals surface area contributed by atoms with E-state index in [4.69, 9.17) is 23.2 Å². The molecule has 1 aliphatic carbocycles. The molecule has 88 valence electrons. The van der Waals surface area contributed by atoms with Crippen molar-refractivity contribution >= 4 is 23.2 Å². The molecule has 0 nitrogen and oxygen atoms in total. The molecule has 0 spiro atoms. The molecule has 16 heavy (non-hydrogen) atoms. The number of alkyl halides is 1. The molecule has 1 aromatic carbocycles. The first-order valence-corrected chi connectivity index (χ1v) is 6.96. The molecule has 0 amide bonds. The third-order valence-corrected chi connectivity index (χ3v) is 4.47. The van der Waals surface area contributed by atoms with Crippen molar-refractivity contribution in [2.45, 2.75) is 38.5 Å². The molecule has 2 rings (SSSR count). The Balaban J connectivity index is 2.11. The SMILES string of the molecule is ClCC1(Cc2cccc(Cl)c2)CCCCC1. The van der Waals surface area contributed by atoms with E-state index < -0.39 is 0 Å². The fourth-order valence-corrected chi connectivity index (χ4v) is 3.31. The Morgan fingerprint density at radius 1 is 1.12 bits per heavy atom. The van der Waals surface area contributed by atoms with Crippen molar-refractivity contribution < 1.29 is 0 Å². The largest absolute Gasteiger partial charge is 0.126 e. The number of hydrogen-bond acceptors (Lipinski definition) is 0. The van der Waals surface area contributed by atoms with E-state index in [1.165, 1.54) is 37.7 Å². The molecule has 1 aliphatic rings. The van der Waals surface area contributed by atoms with Crippen LogP contribution in [0, 0.1) is 5.41 Å². The second kappa shape index (κ2) is 5.42. The van der Waals surface area contributed by atoms with E-state index >= 15 is 0 Å². The summed E-state index contributed by atoms with van der Waals surface area (Å²) in [5.41, 5.74) is 1.65. The maximum Gasteiger partial charge on any atom is 0.0408 e. The molecule has 0 bridgehead atoms. The van der Waals surface area contributed by atoms with E-state index in [1.807, 2.05) is 12.1 Å². The minimum Gasteiger partial charge on any atom is -0.126 e. The van der Waals surface area contributed by atoms with E-state index in [9.17, 15) is 0 Å². The van der Waals surface area contributed by atoms with Gasteiger partial charge < -0.3 is 0 Å². The summed E-state index contributed by atoms with van der Waals surface area (Å²) >= 11 is 12.2. The Kier molecular flexibility index (Phi) is 4.16. The summed E-state index contributed by atoms with van der Waals surface area (Å²) < 4.78 is 0. The average Bonchev–Trinajstić information content (AvgIpc) is 2.30. The lowest BCUT2D eigenvalue weighted by Crippen LogP contribution is -2.28. The third-order valence-electron chi connectivity index (χ3n) is 3.67. The van der Waals surface area contributed by atoms with Crippen molar-refractivity contribution in [1.82, 2.24) is 0 Å². The van der Waals surface area contributed by atoms with Crippen LogP contribution in [0.3, 0.4) is 0 Å². The van der Waals surface area contributed by atoms with Crippen molar-refractivity contribution in [3.8, 4) is 0 Å². The highest BCUT2D eigenvalue weighted by Crippen LogP contribution is 2.40. The van der Waals surface area contributed by atoms with Crippen LogP contribution >= 0.6 is 23.2 Å². The predicted octanol–water partition coefficient (Wildman–Crippen LogP) is 5.07. The topological polar surface area (TPSA) is 0 Å². The van der Waals surface area contributed by atoms with E-state index in [2.05, 4.69) is 12.1 Å². The molecule has 0 saturated heterocycles. The summed E-state index contributed by atoms with van der Waals surface area (Å²) in [6.45, 7) is 0. The maximum atomic E-state index is 6.19. The molecule has 0 aromatic heterocycles. The van der Waals surface area contributed by atoms with Gasteiger partial charge in [0.2, 0.25) is 0 Å². The summed E-state index contributed by atoms with van der Waals surface area (Å²) in [6, 6.07) is 8.20. The Bertz CT molecular complexity index is 340. The van der Waals surface area contributed by atoms with Gasteiger partial charge in [0.25, 0.3) is 0 Å². The highest BCUT2D eigenvalue weighted by molar-refractivity contribution is 6.30. The van der Waals surface area contributed by atoms with Crippen molar-refractivity contribution in [1.29, 1.82) is 0 Å². The van der Waals surface area contributed by atoms with Gasteiger partial charge in [0.05, 0.1) is 0 Å². The lowest BCUT2D eigenvalue weighted by Gasteiger charge is -2.35. The van der Waals surface area contributed by atoms with Crippen LogP contribution in [0.15, 0.2) is 24.3 Å². The van der Waals surface area contributed by atoms with E-state index in [-0.39, 0.29) is 0 Å². The normalized spacial score (nSPS) is 19.6. The van der Waals surface area contributed by atoms with Crippen LogP contribution in [0.5, 0.6) is 0 Å². The molecule has 0 atom stereocenters. The van der Waals surface area contributed by atoms with Crippen LogP contribution in [-0.2, 0) is 6.42 Å². The van der Waals surface area contributed by atoms with Crippen molar-refractivity contribution in [3.63, 3.8) is 0 Å². The lowest BCUT2D eigenvalue weighted by atomic mass is 9.72. The number of rotatable bonds is 3. The molecule has 0 N–H and O–H groups in total. The monoisotopic (exact) mass is 256 g/mol. The number of halogens is 2. The Morgan fingerprint density at radius 3 is 2.50 bits per heavy atom. The lowest BCUT2D eigenvalue weighted by molar-refractivity contribution is 0.219. The summed E-state index contributed by atoms with van der Waals surface area (Å²) in [5, 5.41) is 0.832. The van der Waals surface area contributed by atoms with Crippen LogP contribution in [0.4, 0.5) is 0 Å². The van der Waals surface area contributed by atoms with Crippen LogP contribution in [-0.4, -0.2) is 5.88 Å². The first kappa shape index (κ1) is 12.3. The quantitative estimate of drug-likeness (QED) is 0.663. The summed E-state index contributed by atoms with van der Waals surface area (Å²) in [6.07, 6.45) is 7.64. The molecule has 1 fully saturated rings. The van der Waals surface area contributed by atoms with Crippen LogP contribution < -0.4 is 0 Å². The number of benzene rings is 1. The van der Waals surface area contributed by atoms with Gasteiger partial charge in [-0.3, -0.25) is 0 Å². The fourth-order valence-electron chi connectivity index (χ4n) is 2.74. The van der Waals surface area contributed by atoms with Gasteiger partial charge in [-0.25, -0.2) is 0 Å². The maximum absolute atomic E-state index is 6.19. The highest BCUT2D eigenvalue weighted by Gasteiger charge is 2.31. The van der Waals surface area contributed by atoms with E-state index in [0.717, 1.165) is 17.3 Å². The van der Waals surface area contributed by atoms with Gasteiger partial charge in [0.15, 0.2) is 0 Å². The minimum absolute atomic E-state index is 0.324. The minimum atomic E-state index is 0.324. The smallest absolute Gasteiger partial charge is 0.0408 e. The highest BCUT2D eigenvalue weighted by atomic mass is 35.5. The van der Waals surface area contributed by atoms with E-state index in [0.29, 0.717) is 5.41 Å². The van der Waals surface area contributed by atoms with E-state index in [1.54, 1.807) is 0 Å². The second-order valence-electron chi connectivity index (χ2n) is 5.00.